The van der Waals surface area contributed by atoms with Gasteiger partial charge in [-0.25, -0.2) is 14.2 Å². The van der Waals surface area contributed by atoms with Gasteiger partial charge in [-0.2, -0.15) is 0 Å². The summed E-state index contributed by atoms with van der Waals surface area (Å²) in [5.74, 6) is -2.12. The summed E-state index contributed by atoms with van der Waals surface area (Å²) in [4.78, 5) is 14.5. The summed E-state index contributed by atoms with van der Waals surface area (Å²) in [6, 6.07) is 1.14. The highest BCUT2D eigenvalue weighted by atomic mass is 19.1. The molecule has 5 nitrogen and oxygen atoms in total. The molecule has 1 aromatic rings. The van der Waals surface area contributed by atoms with E-state index in [4.69, 9.17) is 9.84 Å². The molecule has 0 amide bonds. The Hall–Kier alpha value is -1.69. The zero-order chi connectivity index (χ0) is 13.4. The van der Waals surface area contributed by atoms with Crippen LogP contribution in [0.4, 0.5) is 10.2 Å². The molecule has 0 radical (unpaired) electrons. The number of carboxylic acids is 1. The van der Waals surface area contributed by atoms with Crippen LogP contribution in [0.15, 0.2) is 12.3 Å². The third-order valence-electron chi connectivity index (χ3n) is 2.44. The van der Waals surface area contributed by atoms with Crippen LogP contribution in [0.5, 0.6) is 0 Å². The van der Waals surface area contributed by atoms with Gasteiger partial charge in [0.15, 0.2) is 11.6 Å². The van der Waals surface area contributed by atoms with Crippen molar-refractivity contribution in [3.05, 3.63) is 23.6 Å². The number of hydrogen-bond donors (Lipinski definition) is 2. The normalized spacial score (nSPS) is 10.3. The second-order valence-corrected chi connectivity index (χ2v) is 3.81. The van der Waals surface area contributed by atoms with Crippen LogP contribution in [-0.2, 0) is 4.74 Å². The van der Waals surface area contributed by atoms with Gasteiger partial charge in [-0.3, -0.25) is 0 Å². The average molecular weight is 256 g/mol. The Morgan fingerprint density at radius 3 is 2.94 bits per heavy atom. The molecule has 0 aromatic carbocycles. The van der Waals surface area contributed by atoms with Gasteiger partial charge in [-0.1, -0.05) is 0 Å². The standard InChI is InChI=1S/C12H17FN2O3/c1-18-8-4-2-3-6-14-11-10(13)9(12(16)17)5-7-15-11/h5,7H,2-4,6,8H2,1H3,(H,14,15)(H,16,17). The van der Waals surface area contributed by atoms with Gasteiger partial charge in [0, 0.05) is 26.5 Å². The van der Waals surface area contributed by atoms with E-state index in [1.165, 1.54) is 6.20 Å². The number of pyridine rings is 1. The molecule has 0 spiro atoms. The van der Waals surface area contributed by atoms with Crippen molar-refractivity contribution in [3.8, 4) is 0 Å². The third-order valence-corrected chi connectivity index (χ3v) is 2.44. The number of aromatic nitrogens is 1. The molecule has 0 aliphatic heterocycles. The van der Waals surface area contributed by atoms with Crippen molar-refractivity contribution < 1.29 is 19.0 Å². The lowest BCUT2D eigenvalue weighted by molar-refractivity contribution is 0.0692. The minimum atomic E-state index is -1.29. The number of nitrogens with one attached hydrogen (secondary N) is 1. The molecule has 0 unspecified atom stereocenters. The zero-order valence-electron chi connectivity index (χ0n) is 10.3. The Kier molecular flexibility index (Phi) is 6.07. The predicted octanol–water partition coefficient (Wildman–Crippen LogP) is 2.15. The largest absolute Gasteiger partial charge is 0.478 e. The maximum Gasteiger partial charge on any atom is 0.338 e. The fraction of sp³-hybridized carbons (Fsp3) is 0.500. The first-order valence-corrected chi connectivity index (χ1v) is 5.77. The van der Waals surface area contributed by atoms with Crippen molar-refractivity contribution in [2.24, 2.45) is 0 Å². The number of methoxy groups -OCH3 is 1. The molecule has 1 heterocycles. The summed E-state index contributed by atoms with van der Waals surface area (Å²) in [7, 11) is 1.65. The lowest BCUT2D eigenvalue weighted by Gasteiger charge is -2.07. The van der Waals surface area contributed by atoms with E-state index in [9.17, 15) is 9.18 Å². The summed E-state index contributed by atoms with van der Waals surface area (Å²) in [5.41, 5.74) is -0.369. The number of carboxylic acid groups (broad SMARTS) is 1. The fourth-order valence-electron chi connectivity index (χ4n) is 1.49. The van der Waals surface area contributed by atoms with Gasteiger partial charge in [0.25, 0.3) is 0 Å². The van der Waals surface area contributed by atoms with Gasteiger partial charge in [0.2, 0.25) is 0 Å². The quantitative estimate of drug-likeness (QED) is 0.697. The van der Waals surface area contributed by atoms with Crippen molar-refractivity contribution in [3.63, 3.8) is 0 Å². The van der Waals surface area contributed by atoms with Crippen LogP contribution in [0, 0.1) is 5.82 Å². The number of anilines is 1. The van der Waals surface area contributed by atoms with E-state index in [0.717, 1.165) is 25.3 Å². The SMILES string of the molecule is COCCCCCNc1nccc(C(=O)O)c1F. The van der Waals surface area contributed by atoms with Crippen LogP contribution in [0.2, 0.25) is 0 Å². The smallest absolute Gasteiger partial charge is 0.338 e. The summed E-state index contributed by atoms with van der Waals surface area (Å²) < 4.78 is 18.5. The third kappa shape index (κ3) is 4.29. The number of carbonyl (C=O) groups is 1. The van der Waals surface area contributed by atoms with E-state index in [0.29, 0.717) is 13.2 Å². The molecule has 0 saturated carbocycles. The van der Waals surface area contributed by atoms with Crippen LogP contribution in [0.3, 0.4) is 0 Å². The number of rotatable bonds is 8. The second-order valence-electron chi connectivity index (χ2n) is 3.81. The minimum absolute atomic E-state index is 0.0124. The zero-order valence-corrected chi connectivity index (χ0v) is 10.3. The van der Waals surface area contributed by atoms with Crippen LogP contribution in [0.1, 0.15) is 29.6 Å². The topological polar surface area (TPSA) is 71.5 Å². The number of halogens is 1. The molecule has 0 atom stereocenters. The molecule has 0 fully saturated rings. The minimum Gasteiger partial charge on any atom is -0.478 e. The maximum absolute atomic E-state index is 13.6. The molecule has 0 bridgehead atoms. The molecule has 0 saturated heterocycles. The molecule has 2 N–H and O–H groups in total. The summed E-state index contributed by atoms with van der Waals surface area (Å²) >= 11 is 0. The van der Waals surface area contributed by atoms with Gasteiger partial charge in [0.1, 0.15) is 5.56 Å². The highest BCUT2D eigenvalue weighted by Gasteiger charge is 2.14. The fourth-order valence-corrected chi connectivity index (χ4v) is 1.49. The lowest BCUT2D eigenvalue weighted by Crippen LogP contribution is -2.09. The Bertz CT molecular complexity index is 399. The van der Waals surface area contributed by atoms with E-state index < -0.39 is 11.8 Å². The van der Waals surface area contributed by atoms with Crippen molar-refractivity contribution in [1.29, 1.82) is 0 Å². The van der Waals surface area contributed by atoms with E-state index in [1.807, 2.05) is 0 Å². The summed E-state index contributed by atoms with van der Waals surface area (Å²) in [6.07, 6.45) is 4.03. The highest BCUT2D eigenvalue weighted by molar-refractivity contribution is 5.88. The Morgan fingerprint density at radius 1 is 1.50 bits per heavy atom. The van der Waals surface area contributed by atoms with Gasteiger partial charge in [0.05, 0.1) is 0 Å². The van der Waals surface area contributed by atoms with Gasteiger partial charge < -0.3 is 15.2 Å². The number of unbranched alkanes of at least 4 members (excludes halogenated alkanes) is 2. The predicted molar refractivity (Wildman–Crippen MR) is 65.4 cm³/mol. The number of aromatic carboxylic acids is 1. The van der Waals surface area contributed by atoms with Gasteiger partial charge >= 0.3 is 5.97 Å². The molecule has 6 heteroatoms. The summed E-state index contributed by atoms with van der Waals surface area (Å²) in [5, 5.41) is 11.5. The van der Waals surface area contributed by atoms with E-state index in [-0.39, 0.29) is 11.4 Å². The van der Waals surface area contributed by atoms with E-state index >= 15 is 0 Å². The maximum atomic E-state index is 13.6. The molecule has 18 heavy (non-hydrogen) atoms. The van der Waals surface area contributed by atoms with Crippen LogP contribution in [-0.4, -0.2) is 36.3 Å². The number of nitrogens with zero attached hydrogens (tertiary/aromatic N) is 1. The molecule has 100 valence electrons. The Morgan fingerprint density at radius 2 is 2.28 bits per heavy atom. The van der Waals surface area contributed by atoms with Crippen molar-refractivity contribution in [2.75, 3.05) is 25.6 Å². The first kappa shape index (κ1) is 14.4. The monoisotopic (exact) mass is 256 g/mol. The van der Waals surface area contributed by atoms with Crippen LogP contribution < -0.4 is 5.32 Å². The highest BCUT2D eigenvalue weighted by Crippen LogP contribution is 2.15. The first-order valence-electron chi connectivity index (χ1n) is 5.77. The van der Waals surface area contributed by atoms with Crippen molar-refractivity contribution in [1.82, 2.24) is 4.98 Å². The molecular weight excluding hydrogens is 239 g/mol. The number of ether oxygens (including phenoxy) is 1. The van der Waals surface area contributed by atoms with Crippen LogP contribution in [0.25, 0.3) is 0 Å². The average Bonchev–Trinajstić information content (AvgIpc) is 2.35. The number of hydrogen-bond acceptors (Lipinski definition) is 4. The molecular formula is C12H17FN2O3. The molecule has 1 aromatic heterocycles. The van der Waals surface area contributed by atoms with Crippen LogP contribution >= 0.6 is 0 Å². The molecule has 0 aliphatic carbocycles. The molecule has 1 rings (SSSR count). The van der Waals surface area contributed by atoms with Gasteiger partial charge in [-0.15, -0.1) is 0 Å². The first-order chi connectivity index (χ1) is 8.66. The van der Waals surface area contributed by atoms with Crippen molar-refractivity contribution in [2.45, 2.75) is 19.3 Å². The van der Waals surface area contributed by atoms with Gasteiger partial charge in [-0.05, 0) is 25.3 Å². The van der Waals surface area contributed by atoms with Crippen molar-refractivity contribution >= 4 is 11.8 Å². The summed E-state index contributed by atoms with van der Waals surface area (Å²) in [6.45, 7) is 1.26. The Balaban J connectivity index is 2.43. The Labute approximate surface area is 105 Å². The van der Waals surface area contributed by atoms with E-state index in [2.05, 4.69) is 10.3 Å². The lowest BCUT2D eigenvalue weighted by atomic mass is 10.2. The second kappa shape index (κ2) is 7.60. The molecule has 0 aliphatic rings. The van der Waals surface area contributed by atoms with E-state index in [1.54, 1.807) is 7.11 Å².